The van der Waals surface area contributed by atoms with E-state index in [4.69, 9.17) is 28.9 Å². The second kappa shape index (κ2) is 3.30. The van der Waals surface area contributed by atoms with Crippen LogP contribution in [0.2, 0.25) is 10.0 Å². The standard InChI is InChI=1S/C10H9Cl2F2N/c11-6-2-1-3-7(12)8(6)9(15)4-10(13,14)5-9/h1-3H,4-5,15H2. The summed E-state index contributed by atoms with van der Waals surface area (Å²) in [5, 5.41) is 0.695. The lowest BCUT2D eigenvalue weighted by Gasteiger charge is -2.45. The number of hydrogen-bond donors (Lipinski definition) is 1. The van der Waals surface area contributed by atoms with Crippen molar-refractivity contribution in [3.63, 3.8) is 0 Å². The molecule has 1 aliphatic rings. The number of hydrogen-bond acceptors (Lipinski definition) is 1. The number of alkyl halides is 2. The Morgan fingerprint density at radius 3 is 2.00 bits per heavy atom. The first-order valence-electron chi connectivity index (χ1n) is 4.45. The predicted molar refractivity (Wildman–Crippen MR) is 56.5 cm³/mol. The molecule has 0 aliphatic heterocycles. The zero-order chi connectivity index (χ0) is 11.3. The van der Waals surface area contributed by atoms with Gasteiger partial charge in [0.25, 0.3) is 5.92 Å². The summed E-state index contributed by atoms with van der Waals surface area (Å²) in [5.74, 6) is -2.70. The first-order valence-corrected chi connectivity index (χ1v) is 5.21. The lowest BCUT2D eigenvalue weighted by molar-refractivity contribution is -0.125. The van der Waals surface area contributed by atoms with Gasteiger partial charge in [0, 0.05) is 28.5 Å². The van der Waals surface area contributed by atoms with Crippen molar-refractivity contribution in [2.24, 2.45) is 5.73 Å². The maximum atomic E-state index is 12.8. The Balaban J connectivity index is 2.39. The van der Waals surface area contributed by atoms with Gasteiger partial charge in [-0.05, 0) is 12.1 Å². The molecule has 1 aromatic rings. The van der Waals surface area contributed by atoms with Crippen molar-refractivity contribution in [2.75, 3.05) is 0 Å². The summed E-state index contributed by atoms with van der Waals surface area (Å²) >= 11 is 11.8. The van der Waals surface area contributed by atoms with E-state index in [9.17, 15) is 8.78 Å². The largest absolute Gasteiger partial charge is 0.321 e. The average molecular weight is 252 g/mol. The van der Waals surface area contributed by atoms with E-state index in [1.54, 1.807) is 18.2 Å². The van der Waals surface area contributed by atoms with Gasteiger partial charge in [0.05, 0.1) is 5.54 Å². The van der Waals surface area contributed by atoms with Crippen molar-refractivity contribution in [3.05, 3.63) is 33.8 Å². The third-order valence-corrected chi connectivity index (χ3v) is 3.24. The summed E-state index contributed by atoms with van der Waals surface area (Å²) in [4.78, 5) is 0. The van der Waals surface area contributed by atoms with Crippen molar-refractivity contribution in [2.45, 2.75) is 24.3 Å². The van der Waals surface area contributed by atoms with Crippen LogP contribution >= 0.6 is 23.2 Å². The third-order valence-electron chi connectivity index (χ3n) is 2.61. The summed E-state index contributed by atoms with van der Waals surface area (Å²) in [5.41, 5.74) is 5.20. The van der Waals surface area contributed by atoms with Crippen LogP contribution in [0.1, 0.15) is 18.4 Å². The van der Waals surface area contributed by atoms with E-state index in [1.807, 2.05) is 0 Å². The molecule has 0 spiro atoms. The minimum atomic E-state index is -2.70. The van der Waals surface area contributed by atoms with E-state index in [-0.39, 0.29) is 0 Å². The molecule has 0 atom stereocenters. The van der Waals surface area contributed by atoms with Gasteiger partial charge in [-0.1, -0.05) is 29.3 Å². The predicted octanol–water partition coefficient (Wildman–Crippen LogP) is 3.58. The zero-order valence-electron chi connectivity index (χ0n) is 7.74. The Morgan fingerprint density at radius 1 is 1.13 bits per heavy atom. The molecular formula is C10H9Cl2F2N. The topological polar surface area (TPSA) is 26.0 Å². The highest BCUT2D eigenvalue weighted by molar-refractivity contribution is 6.36. The highest BCUT2D eigenvalue weighted by atomic mass is 35.5. The summed E-state index contributed by atoms with van der Waals surface area (Å²) in [6.45, 7) is 0. The SMILES string of the molecule is NC1(c2c(Cl)cccc2Cl)CC(F)(F)C1. The molecule has 5 heteroatoms. The molecular weight excluding hydrogens is 243 g/mol. The quantitative estimate of drug-likeness (QED) is 0.812. The molecule has 1 aromatic carbocycles. The van der Waals surface area contributed by atoms with Crippen molar-refractivity contribution in [1.29, 1.82) is 0 Å². The summed E-state index contributed by atoms with van der Waals surface area (Å²) in [6.07, 6.45) is -0.799. The van der Waals surface area contributed by atoms with Crippen molar-refractivity contribution >= 4 is 23.2 Å². The van der Waals surface area contributed by atoms with Gasteiger partial charge in [-0.2, -0.15) is 0 Å². The zero-order valence-corrected chi connectivity index (χ0v) is 9.25. The molecule has 0 amide bonds. The molecule has 1 saturated carbocycles. The van der Waals surface area contributed by atoms with E-state index in [0.717, 1.165) is 0 Å². The molecule has 1 nitrogen and oxygen atoms in total. The molecule has 0 bridgehead atoms. The van der Waals surface area contributed by atoms with Gasteiger partial charge in [-0.25, -0.2) is 8.78 Å². The van der Waals surface area contributed by atoms with Crippen molar-refractivity contribution < 1.29 is 8.78 Å². The number of rotatable bonds is 1. The molecule has 15 heavy (non-hydrogen) atoms. The molecule has 1 fully saturated rings. The highest BCUT2D eigenvalue weighted by Crippen LogP contribution is 2.52. The van der Waals surface area contributed by atoms with Gasteiger partial charge in [0.2, 0.25) is 0 Å². The van der Waals surface area contributed by atoms with E-state index in [0.29, 0.717) is 15.6 Å². The van der Waals surface area contributed by atoms with Gasteiger partial charge < -0.3 is 5.73 Å². The van der Waals surface area contributed by atoms with Crippen LogP contribution in [0.15, 0.2) is 18.2 Å². The first-order chi connectivity index (χ1) is 6.84. The molecule has 0 unspecified atom stereocenters. The van der Waals surface area contributed by atoms with Crippen LogP contribution in [-0.4, -0.2) is 5.92 Å². The number of nitrogens with two attached hydrogens (primary N) is 1. The normalized spacial score (nSPS) is 22.2. The van der Waals surface area contributed by atoms with Gasteiger partial charge >= 0.3 is 0 Å². The summed E-state index contributed by atoms with van der Waals surface area (Å²) in [6, 6.07) is 4.87. The molecule has 0 aromatic heterocycles. The van der Waals surface area contributed by atoms with Gasteiger partial charge in [0.15, 0.2) is 0 Å². The highest BCUT2D eigenvalue weighted by Gasteiger charge is 2.56. The monoisotopic (exact) mass is 251 g/mol. The Morgan fingerprint density at radius 2 is 1.60 bits per heavy atom. The lowest BCUT2D eigenvalue weighted by atomic mass is 9.70. The summed E-state index contributed by atoms with van der Waals surface area (Å²) in [7, 11) is 0. The minimum absolute atomic E-state index is 0.348. The lowest BCUT2D eigenvalue weighted by Crippen LogP contribution is -2.55. The molecule has 1 aliphatic carbocycles. The van der Waals surface area contributed by atoms with Gasteiger partial charge in [-0.15, -0.1) is 0 Å². The van der Waals surface area contributed by atoms with Crippen LogP contribution in [0.25, 0.3) is 0 Å². The molecule has 0 saturated heterocycles. The molecule has 0 heterocycles. The van der Waals surface area contributed by atoms with E-state index in [1.165, 1.54) is 0 Å². The maximum Gasteiger partial charge on any atom is 0.252 e. The fraction of sp³-hybridized carbons (Fsp3) is 0.400. The van der Waals surface area contributed by atoms with E-state index < -0.39 is 24.3 Å². The number of halogens is 4. The van der Waals surface area contributed by atoms with Gasteiger partial charge in [0.1, 0.15) is 0 Å². The van der Waals surface area contributed by atoms with E-state index in [2.05, 4.69) is 0 Å². The Kier molecular flexibility index (Phi) is 2.45. The second-order valence-corrected chi connectivity index (χ2v) is 4.78. The molecule has 2 rings (SSSR count). The fourth-order valence-corrected chi connectivity index (χ4v) is 2.80. The Hall–Kier alpha value is -0.380. The van der Waals surface area contributed by atoms with Gasteiger partial charge in [-0.3, -0.25) is 0 Å². The fourth-order valence-electron chi connectivity index (χ4n) is 2.02. The Bertz CT molecular complexity index is 378. The third kappa shape index (κ3) is 1.84. The van der Waals surface area contributed by atoms with Crippen LogP contribution in [-0.2, 0) is 5.54 Å². The van der Waals surface area contributed by atoms with Crippen molar-refractivity contribution in [1.82, 2.24) is 0 Å². The number of benzene rings is 1. The molecule has 0 radical (unpaired) electrons. The first kappa shape index (κ1) is 11.1. The van der Waals surface area contributed by atoms with Crippen LogP contribution in [0.5, 0.6) is 0 Å². The maximum absolute atomic E-state index is 12.8. The minimum Gasteiger partial charge on any atom is -0.321 e. The molecule has 82 valence electrons. The average Bonchev–Trinajstić information content (AvgIpc) is 1.98. The summed E-state index contributed by atoms with van der Waals surface area (Å²) < 4.78 is 25.6. The second-order valence-electron chi connectivity index (χ2n) is 3.96. The van der Waals surface area contributed by atoms with E-state index >= 15 is 0 Å². The Labute approximate surface area is 96.2 Å². The van der Waals surface area contributed by atoms with Crippen LogP contribution < -0.4 is 5.73 Å². The van der Waals surface area contributed by atoms with Crippen LogP contribution in [0.4, 0.5) is 8.78 Å². The van der Waals surface area contributed by atoms with Crippen molar-refractivity contribution in [3.8, 4) is 0 Å². The van der Waals surface area contributed by atoms with Crippen LogP contribution in [0, 0.1) is 0 Å². The molecule has 2 N–H and O–H groups in total. The smallest absolute Gasteiger partial charge is 0.252 e. The van der Waals surface area contributed by atoms with Crippen LogP contribution in [0.3, 0.4) is 0 Å².